The smallest absolute Gasteiger partial charge is 0.255 e. The molecule has 120 valence electrons. The van der Waals surface area contributed by atoms with E-state index in [-0.39, 0.29) is 5.91 Å². The summed E-state index contributed by atoms with van der Waals surface area (Å²) in [5.41, 5.74) is 3.55. The van der Waals surface area contributed by atoms with Gasteiger partial charge in [-0.05, 0) is 55.3 Å². The Balaban J connectivity index is 1.78. The Bertz CT molecular complexity index is 861. The summed E-state index contributed by atoms with van der Waals surface area (Å²) < 4.78 is 5.67. The second-order valence-corrected chi connectivity index (χ2v) is 5.50. The molecule has 3 aromatic rings. The Morgan fingerprint density at radius 3 is 2.62 bits per heavy atom. The standard InChI is InChI=1S/C20H18N2O2/c1-14-7-5-10-18(15(14)2)22-20(23)16-8-6-9-17(13-16)24-19-11-3-4-12-21-19/h3-13H,1-2H3,(H,22,23). The van der Waals surface area contributed by atoms with Gasteiger partial charge >= 0.3 is 0 Å². The van der Waals surface area contributed by atoms with Crippen molar-refractivity contribution in [1.29, 1.82) is 0 Å². The maximum absolute atomic E-state index is 12.5. The van der Waals surface area contributed by atoms with Crippen molar-refractivity contribution in [3.63, 3.8) is 0 Å². The monoisotopic (exact) mass is 318 g/mol. The first-order chi connectivity index (χ1) is 11.6. The first-order valence-electron chi connectivity index (χ1n) is 7.70. The third-order valence-electron chi connectivity index (χ3n) is 3.81. The first-order valence-corrected chi connectivity index (χ1v) is 7.70. The number of carbonyl (C=O) groups is 1. The first kappa shape index (κ1) is 15.7. The van der Waals surface area contributed by atoms with E-state index in [9.17, 15) is 4.79 Å². The number of carbonyl (C=O) groups excluding carboxylic acids is 1. The van der Waals surface area contributed by atoms with E-state index >= 15 is 0 Å². The molecular weight excluding hydrogens is 300 g/mol. The number of benzene rings is 2. The molecule has 4 heteroatoms. The largest absolute Gasteiger partial charge is 0.439 e. The van der Waals surface area contributed by atoms with Crippen LogP contribution >= 0.6 is 0 Å². The molecule has 3 rings (SSSR count). The van der Waals surface area contributed by atoms with E-state index in [1.807, 2.05) is 44.2 Å². The topological polar surface area (TPSA) is 51.2 Å². The molecule has 4 nitrogen and oxygen atoms in total. The molecule has 0 atom stereocenters. The Labute approximate surface area is 141 Å². The van der Waals surface area contributed by atoms with Crippen molar-refractivity contribution in [3.8, 4) is 11.6 Å². The van der Waals surface area contributed by atoms with Crippen molar-refractivity contribution in [2.75, 3.05) is 5.32 Å². The van der Waals surface area contributed by atoms with Gasteiger partial charge in [-0.2, -0.15) is 0 Å². The lowest BCUT2D eigenvalue weighted by Crippen LogP contribution is -2.13. The number of rotatable bonds is 4. The minimum absolute atomic E-state index is 0.171. The highest BCUT2D eigenvalue weighted by Crippen LogP contribution is 2.22. The summed E-state index contributed by atoms with van der Waals surface area (Å²) in [6, 6.07) is 18.3. The lowest BCUT2D eigenvalue weighted by molar-refractivity contribution is 0.102. The molecule has 0 aliphatic heterocycles. The second kappa shape index (κ2) is 6.96. The summed E-state index contributed by atoms with van der Waals surface area (Å²) in [4.78, 5) is 16.6. The molecule has 24 heavy (non-hydrogen) atoms. The Kier molecular flexibility index (Phi) is 4.57. The van der Waals surface area contributed by atoms with Gasteiger partial charge in [0.15, 0.2) is 0 Å². The van der Waals surface area contributed by atoms with Crippen LogP contribution in [0.15, 0.2) is 66.9 Å². The molecule has 0 spiro atoms. The van der Waals surface area contributed by atoms with Crippen LogP contribution in [0.4, 0.5) is 5.69 Å². The van der Waals surface area contributed by atoms with Gasteiger partial charge in [0.1, 0.15) is 5.75 Å². The molecule has 0 saturated carbocycles. The van der Waals surface area contributed by atoms with E-state index in [1.165, 1.54) is 0 Å². The van der Waals surface area contributed by atoms with Gasteiger partial charge in [-0.15, -0.1) is 0 Å². The maximum atomic E-state index is 12.5. The van der Waals surface area contributed by atoms with Crippen LogP contribution in [0.5, 0.6) is 11.6 Å². The van der Waals surface area contributed by atoms with Crippen LogP contribution in [0.1, 0.15) is 21.5 Å². The number of ether oxygens (including phenoxy) is 1. The number of pyridine rings is 1. The van der Waals surface area contributed by atoms with E-state index in [0.717, 1.165) is 16.8 Å². The fourth-order valence-corrected chi connectivity index (χ4v) is 2.31. The summed E-state index contributed by atoms with van der Waals surface area (Å²) in [6.45, 7) is 4.01. The van der Waals surface area contributed by atoms with Gasteiger partial charge in [-0.1, -0.05) is 24.3 Å². The fraction of sp³-hybridized carbons (Fsp3) is 0.100. The number of amides is 1. The van der Waals surface area contributed by atoms with Gasteiger partial charge < -0.3 is 10.1 Å². The Hall–Kier alpha value is -3.14. The molecule has 0 aliphatic carbocycles. The third-order valence-corrected chi connectivity index (χ3v) is 3.81. The zero-order chi connectivity index (χ0) is 16.9. The summed E-state index contributed by atoms with van der Waals surface area (Å²) in [5, 5.41) is 2.95. The summed E-state index contributed by atoms with van der Waals surface area (Å²) in [6.07, 6.45) is 1.66. The molecule has 1 aromatic heterocycles. The van der Waals surface area contributed by atoms with Crippen LogP contribution in [0.2, 0.25) is 0 Å². The van der Waals surface area contributed by atoms with E-state index < -0.39 is 0 Å². The van der Waals surface area contributed by atoms with Gasteiger partial charge in [0.2, 0.25) is 5.88 Å². The average molecular weight is 318 g/mol. The zero-order valence-electron chi connectivity index (χ0n) is 13.6. The van der Waals surface area contributed by atoms with Crippen molar-refractivity contribution in [2.45, 2.75) is 13.8 Å². The highest BCUT2D eigenvalue weighted by molar-refractivity contribution is 6.04. The molecule has 0 radical (unpaired) electrons. The molecule has 2 aromatic carbocycles. The number of nitrogens with one attached hydrogen (secondary N) is 1. The quantitative estimate of drug-likeness (QED) is 0.755. The third kappa shape index (κ3) is 3.60. The average Bonchev–Trinajstić information content (AvgIpc) is 2.60. The van der Waals surface area contributed by atoms with Crippen molar-refractivity contribution >= 4 is 11.6 Å². The van der Waals surface area contributed by atoms with E-state index in [1.54, 1.807) is 36.5 Å². The van der Waals surface area contributed by atoms with Crippen molar-refractivity contribution in [2.24, 2.45) is 0 Å². The minimum atomic E-state index is -0.171. The van der Waals surface area contributed by atoms with Crippen LogP contribution in [0, 0.1) is 13.8 Å². The van der Waals surface area contributed by atoms with Crippen LogP contribution in [0.25, 0.3) is 0 Å². The minimum Gasteiger partial charge on any atom is -0.439 e. The molecule has 1 N–H and O–H groups in total. The molecule has 0 unspecified atom stereocenters. The molecule has 0 saturated heterocycles. The van der Waals surface area contributed by atoms with Gasteiger partial charge in [0.25, 0.3) is 5.91 Å². The predicted molar refractivity (Wildman–Crippen MR) is 94.6 cm³/mol. The molecule has 0 aliphatic rings. The molecule has 1 heterocycles. The summed E-state index contributed by atoms with van der Waals surface area (Å²) >= 11 is 0. The van der Waals surface area contributed by atoms with Crippen LogP contribution in [0.3, 0.4) is 0 Å². The van der Waals surface area contributed by atoms with Crippen LogP contribution < -0.4 is 10.1 Å². The van der Waals surface area contributed by atoms with Gasteiger partial charge in [0.05, 0.1) is 0 Å². The molecular formula is C20H18N2O2. The lowest BCUT2D eigenvalue weighted by Gasteiger charge is -2.11. The van der Waals surface area contributed by atoms with E-state index in [2.05, 4.69) is 10.3 Å². The fourth-order valence-electron chi connectivity index (χ4n) is 2.31. The number of anilines is 1. The highest BCUT2D eigenvalue weighted by atomic mass is 16.5. The number of aromatic nitrogens is 1. The molecule has 0 fully saturated rings. The number of hydrogen-bond donors (Lipinski definition) is 1. The van der Waals surface area contributed by atoms with Crippen molar-refractivity contribution in [3.05, 3.63) is 83.6 Å². The van der Waals surface area contributed by atoms with E-state index in [4.69, 9.17) is 4.74 Å². The van der Waals surface area contributed by atoms with Crippen LogP contribution in [-0.4, -0.2) is 10.9 Å². The Morgan fingerprint density at radius 1 is 1.00 bits per heavy atom. The normalized spacial score (nSPS) is 10.2. The predicted octanol–water partition coefficient (Wildman–Crippen LogP) is 4.74. The second-order valence-electron chi connectivity index (χ2n) is 5.50. The van der Waals surface area contributed by atoms with Crippen molar-refractivity contribution in [1.82, 2.24) is 4.98 Å². The Morgan fingerprint density at radius 2 is 1.83 bits per heavy atom. The SMILES string of the molecule is Cc1cccc(NC(=O)c2cccc(Oc3ccccn3)c2)c1C. The highest BCUT2D eigenvalue weighted by Gasteiger charge is 2.10. The molecule has 0 bridgehead atoms. The summed E-state index contributed by atoms with van der Waals surface area (Å²) in [5.74, 6) is 0.891. The van der Waals surface area contributed by atoms with Crippen molar-refractivity contribution < 1.29 is 9.53 Å². The number of aryl methyl sites for hydroxylation is 1. The molecule has 1 amide bonds. The zero-order valence-corrected chi connectivity index (χ0v) is 13.6. The van der Waals surface area contributed by atoms with Crippen LogP contribution in [-0.2, 0) is 0 Å². The number of nitrogens with zero attached hydrogens (tertiary/aromatic N) is 1. The lowest BCUT2D eigenvalue weighted by atomic mass is 10.1. The number of hydrogen-bond acceptors (Lipinski definition) is 3. The summed E-state index contributed by atoms with van der Waals surface area (Å²) in [7, 11) is 0. The van der Waals surface area contributed by atoms with E-state index in [0.29, 0.717) is 17.2 Å². The van der Waals surface area contributed by atoms with Gasteiger partial charge in [-0.25, -0.2) is 4.98 Å². The van der Waals surface area contributed by atoms with Gasteiger partial charge in [-0.3, -0.25) is 4.79 Å². The van der Waals surface area contributed by atoms with Gasteiger partial charge in [0, 0.05) is 23.5 Å². The maximum Gasteiger partial charge on any atom is 0.255 e.